The second kappa shape index (κ2) is 9.44. The van der Waals surface area contributed by atoms with E-state index in [1.165, 1.54) is 0 Å². The van der Waals surface area contributed by atoms with Crippen molar-refractivity contribution >= 4 is 23.4 Å². The molecule has 10 nitrogen and oxygen atoms in total. The van der Waals surface area contributed by atoms with Crippen LogP contribution in [0.15, 0.2) is 39.4 Å². The van der Waals surface area contributed by atoms with Gasteiger partial charge in [0.2, 0.25) is 0 Å². The SMILES string of the molecule is Cc1cc(C2CCCN2C(=O)Nc2ccc(C)c(NC(=O)N3CCCC3c3cc(C)no3)c2)on1. The van der Waals surface area contributed by atoms with Gasteiger partial charge in [0.1, 0.15) is 0 Å². The molecule has 4 amide bonds. The Balaban J connectivity index is 1.27. The van der Waals surface area contributed by atoms with Crippen LogP contribution in [0.5, 0.6) is 0 Å². The van der Waals surface area contributed by atoms with Gasteiger partial charge in [-0.05, 0) is 64.2 Å². The van der Waals surface area contributed by atoms with E-state index in [2.05, 4.69) is 20.9 Å². The zero-order valence-electron chi connectivity index (χ0n) is 20.2. The summed E-state index contributed by atoms with van der Waals surface area (Å²) in [7, 11) is 0. The fourth-order valence-electron chi connectivity index (χ4n) is 4.91. The van der Waals surface area contributed by atoms with Gasteiger partial charge < -0.3 is 29.5 Å². The minimum absolute atomic E-state index is 0.132. The van der Waals surface area contributed by atoms with E-state index < -0.39 is 0 Å². The third-order valence-electron chi connectivity index (χ3n) is 6.71. The van der Waals surface area contributed by atoms with Crippen molar-refractivity contribution in [3.05, 3.63) is 58.8 Å². The van der Waals surface area contributed by atoms with Gasteiger partial charge in [0.25, 0.3) is 0 Å². The summed E-state index contributed by atoms with van der Waals surface area (Å²) in [5.41, 5.74) is 3.75. The van der Waals surface area contributed by atoms with Gasteiger partial charge in [-0.2, -0.15) is 0 Å². The number of hydrogen-bond donors (Lipinski definition) is 2. The number of amides is 4. The molecule has 2 N–H and O–H groups in total. The maximum atomic E-state index is 13.1. The molecule has 2 unspecified atom stereocenters. The highest BCUT2D eigenvalue weighted by atomic mass is 16.5. The molecule has 1 aromatic carbocycles. The van der Waals surface area contributed by atoms with Crippen molar-refractivity contribution in [1.82, 2.24) is 20.1 Å². The molecule has 2 aliphatic rings. The van der Waals surface area contributed by atoms with Crippen molar-refractivity contribution in [3.8, 4) is 0 Å². The second-order valence-electron chi connectivity index (χ2n) is 9.33. The van der Waals surface area contributed by atoms with E-state index >= 15 is 0 Å². The number of urea groups is 2. The predicted octanol–water partition coefficient (Wildman–Crippen LogP) is 5.33. The number of nitrogens with one attached hydrogen (secondary N) is 2. The Labute approximate surface area is 203 Å². The zero-order valence-corrected chi connectivity index (χ0v) is 20.2. The summed E-state index contributed by atoms with van der Waals surface area (Å²) in [6.45, 7) is 6.94. The zero-order chi connectivity index (χ0) is 24.5. The van der Waals surface area contributed by atoms with Crippen LogP contribution in [0.25, 0.3) is 0 Å². The average Bonchev–Trinajstić information content (AvgIpc) is 3.62. The average molecular weight is 479 g/mol. The lowest BCUT2D eigenvalue weighted by atomic mass is 10.1. The first-order valence-corrected chi connectivity index (χ1v) is 12.0. The lowest BCUT2D eigenvalue weighted by molar-refractivity contribution is 0.195. The largest absolute Gasteiger partial charge is 0.359 e. The van der Waals surface area contributed by atoms with Gasteiger partial charge in [-0.1, -0.05) is 16.4 Å². The number of rotatable bonds is 4. The van der Waals surface area contributed by atoms with Gasteiger partial charge >= 0.3 is 12.1 Å². The molecule has 0 aliphatic carbocycles. The van der Waals surface area contributed by atoms with Crippen LogP contribution in [0.2, 0.25) is 0 Å². The van der Waals surface area contributed by atoms with Crippen LogP contribution >= 0.6 is 0 Å². The third kappa shape index (κ3) is 4.73. The summed E-state index contributed by atoms with van der Waals surface area (Å²) in [5, 5.41) is 13.9. The van der Waals surface area contributed by atoms with Crippen molar-refractivity contribution in [2.75, 3.05) is 23.7 Å². The standard InChI is InChI=1S/C25H30N6O4/c1-15-8-9-18(26-24(32)30-10-4-6-20(30)22-12-16(2)28-34-22)14-19(15)27-25(33)31-11-5-7-21(31)23-13-17(3)29-35-23/h8-9,12-14,20-21H,4-7,10-11H2,1-3H3,(H,26,32)(H,27,33). The summed E-state index contributed by atoms with van der Waals surface area (Å²) in [6.07, 6.45) is 3.46. The molecule has 184 valence electrons. The summed E-state index contributed by atoms with van der Waals surface area (Å²) in [5.74, 6) is 1.41. The smallest absolute Gasteiger partial charge is 0.322 e. The number of aryl methyl sites for hydroxylation is 3. The first-order chi connectivity index (χ1) is 16.9. The number of hydrogen-bond acceptors (Lipinski definition) is 6. The number of anilines is 2. The molecular formula is C25H30N6O4. The van der Waals surface area contributed by atoms with Crippen molar-refractivity contribution in [1.29, 1.82) is 0 Å². The van der Waals surface area contributed by atoms with Crippen molar-refractivity contribution < 1.29 is 18.6 Å². The van der Waals surface area contributed by atoms with E-state index in [1.54, 1.807) is 15.9 Å². The van der Waals surface area contributed by atoms with Crippen molar-refractivity contribution in [2.24, 2.45) is 0 Å². The number of aromatic nitrogens is 2. The highest BCUT2D eigenvalue weighted by Crippen LogP contribution is 2.34. The Kier molecular flexibility index (Phi) is 6.19. The van der Waals surface area contributed by atoms with Crippen LogP contribution in [0.4, 0.5) is 21.0 Å². The molecule has 0 saturated carbocycles. The topological polar surface area (TPSA) is 117 Å². The lowest BCUT2D eigenvalue weighted by Gasteiger charge is -2.24. The number of likely N-dealkylation sites (tertiary alicyclic amines) is 2. The minimum Gasteiger partial charge on any atom is -0.359 e. The Morgan fingerprint density at radius 2 is 1.37 bits per heavy atom. The maximum absolute atomic E-state index is 13.1. The molecule has 2 fully saturated rings. The van der Waals surface area contributed by atoms with Crippen LogP contribution in [-0.2, 0) is 0 Å². The molecule has 2 aliphatic heterocycles. The van der Waals surface area contributed by atoms with Crippen LogP contribution in [0.1, 0.15) is 66.2 Å². The molecule has 5 rings (SSSR count). The third-order valence-corrected chi connectivity index (χ3v) is 6.71. The summed E-state index contributed by atoms with van der Waals surface area (Å²) in [6, 6.07) is 8.59. The molecule has 3 aromatic rings. The normalized spacial score (nSPS) is 19.9. The second-order valence-corrected chi connectivity index (χ2v) is 9.33. The molecule has 0 bridgehead atoms. The number of carbonyl (C=O) groups excluding carboxylic acids is 2. The highest BCUT2D eigenvalue weighted by molar-refractivity contribution is 5.94. The van der Waals surface area contributed by atoms with E-state index in [1.807, 2.05) is 45.0 Å². The molecule has 2 atom stereocenters. The Morgan fingerprint density at radius 1 is 0.829 bits per heavy atom. The van der Waals surface area contributed by atoms with Crippen molar-refractivity contribution in [3.63, 3.8) is 0 Å². The minimum atomic E-state index is -0.206. The van der Waals surface area contributed by atoms with Crippen LogP contribution in [0.3, 0.4) is 0 Å². The molecule has 0 radical (unpaired) electrons. The first kappa shape index (κ1) is 22.9. The number of benzene rings is 1. The lowest BCUT2D eigenvalue weighted by Crippen LogP contribution is -2.35. The Hall–Kier alpha value is -3.82. The van der Waals surface area contributed by atoms with Crippen molar-refractivity contribution in [2.45, 2.75) is 58.5 Å². The molecule has 4 heterocycles. The van der Waals surface area contributed by atoms with Crippen LogP contribution in [-0.4, -0.2) is 45.3 Å². The fourth-order valence-corrected chi connectivity index (χ4v) is 4.91. The van der Waals surface area contributed by atoms with Gasteiger partial charge in [0.05, 0.1) is 23.5 Å². The molecule has 2 aromatic heterocycles. The molecule has 35 heavy (non-hydrogen) atoms. The van der Waals surface area contributed by atoms with E-state index in [0.717, 1.165) is 42.6 Å². The van der Waals surface area contributed by atoms with Crippen LogP contribution < -0.4 is 10.6 Å². The molecular weight excluding hydrogens is 448 g/mol. The maximum Gasteiger partial charge on any atom is 0.322 e. The summed E-state index contributed by atoms with van der Waals surface area (Å²) in [4.78, 5) is 29.8. The quantitative estimate of drug-likeness (QED) is 0.524. The van der Waals surface area contributed by atoms with Gasteiger partial charge in [-0.3, -0.25) is 0 Å². The van der Waals surface area contributed by atoms with E-state index in [0.29, 0.717) is 36.0 Å². The highest BCUT2D eigenvalue weighted by Gasteiger charge is 2.34. The summed E-state index contributed by atoms with van der Waals surface area (Å²) < 4.78 is 10.8. The van der Waals surface area contributed by atoms with E-state index in [-0.39, 0.29) is 24.1 Å². The van der Waals surface area contributed by atoms with Gasteiger partial charge in [-0.25, -0.2) is 9.59 Å². The van der Waals surface area contributed by atoms with Crippen LogP contribution in [0, 0.1) is 20.8 Å². The number of nitrogens with zero attached hydrogens (tertiary/aromatic N) is 4. The first-order valence-electron chi connectivity index (χ1n) is 12.0. The monoisotopic (exact) mass is 478 g/mol. The molecule has 0 spiro atoms. The van der Waals surface area contributed by atoms with Gasteiger partial charge in [0, 0.05) is 36.6 Å². The van der Waals surface area contributed by atoms with Gasteiger partial charge in [-0.15, -0.1) is 0 Å². The summed E-state index contributed by atoms with van der Waals surface area (Å²) >= 11 is 0. The number of carbonyl (C=O) groups is 2. The molecule has 2 saturated heterocycles. The Bertz CT molecular complexity index is 1230. The van der Waals surface area contributed by atoms with E-state index in [4.69, 9.17) is 9.05 Å². The van der Waals surface area contributed by atoms with E-state index in [9.17, 15) is 9.59 Å². The fraction of sp³-hybridized carbons (Fsp3) is 0.440. The Morgan fingerprint density at radius 3 is 1.89 bits per heavy atom. The predicted molar refractivity (Wildman–Crippen MR) is 129 cm³/mol. The van der Waals surface area contributed by atoms with Gasteiger partial charge in [0.15, 0.2) is 11.5 Å². The molecule has 10 heteroatoms.